The molecular formula is C13H10BrF3N2. The van der Waals surface area contributed by atoms with Crippen LogP contribution in [0.25, 0.3) is 0 Å². The van der Waals surface area contributed by atoms with Crippen LogP contribution in [0.4, 0.5) is 30.2 Å². The number of nitrogens with two attached hydrogens (primary N) is 1. The molecule has 0 amide bonds. The highest BCUT2D eigenvalue weighted by Gasteiger charge is 2.33. The van der Waals surface area contributed by atoms with Gasteiger partial charge in [0, 0.05) is 10.2 Å². The van der Waals surface area contributed by atoms with Gasteiger partial charge in [-0.2, -0.15) is 13.2 Å². The minimum Gasteiger partial charge on any atom is -0.399 e. The molecule has 0 fully saturated rings. The summed E-state index contributed by atoms with van der Waals surface area (Å²) in [6, 6.07) is 10.6. The van der Waals surface area contributed by atoms with Crippen molar-refractivity contribution in [1.29, 1.82) is 0 Å². The molecule has 0 unspecified atom stereocenters. The van der Waals surface area contributed by atoms with Gasteiger partial charge in [-0.05, 0) is 46.3 Å². The zero-order valence-corrected chi connectivity index (χ0v) is 11.2. The number of hydrogen-bond donors (Lipinski definition) is 2. The normalized spacial score (nSPS) is 11.4. The lowest BCUT2D eigenvalue weighted by Gasteiger charge is -2.16. The molecule has 0 saturated heterocycles. The fourth-order valence-electron chi connectivity index (χ4n) is 1.61. The summed E-state index contributed by atoms with van der Waals surface area (Å²) in [5.74, 6) is 0. The van der Waals surface area contributed by atoms with Crippen molar-refractivity contribution in [2.24, 2.45) is 0 Å². The molecule has 0 atom stereocenters. The van der Waals surface area contributed by atoms with Crippen LogP contribution in [-0.4, -0.2) is 0 Å². The number of nitrogens with one attached hydrogen (secondary N) is 1. The summed E-state index contributed by atoms with van der Waals surface area (Å²) in [6.45, 7) is 0. The van der Waals surface area contributed by atoms with Crippen molar-refractivity contribution >= 4 is 33.0 Å². The van der Waals surface area contributed by atoms with Crippen LogP contribution in [0.2, 0.25) is 0 Å². The van der Waals surface area contributed by atoms with Crippen molar-refractivity contribution < 1.29 is 13.2 Å². The Labute approximate surface area is 116 Å². The fraction of sp³-hybridized carbons (Fsp3) is 0.0769. The summed E-state index contributed by atoms with van der Waals surface area (Å²) < 4.78 is 39.5. The van der Waals surface area contributed by atoms with Crippen LogP contribution in [0, 0.1) is 0 Å². The third-order valence-corrected chi connectivity index (χ3v) is 3.18. The zero-order valence-electron chi connectivity index (χ0n) is 9.63. The van der Waals surface area contributed by atoms with Crippen LogP contribution in [0.1, 0.15) is 5.56 Å². The van der Waals surface area contributed by atoms with E-state index in [2.05, 4.69) is 21.2 Å². The number of nitrogen functional groups attached to an aromatic ring is 1. The summed E-state index contributed by atoms with van der Waals surface area (Å²) in [5.41, 5.74) is 5.22. The van der Waals surface area contributed by atoms with Crippen molar-refractivity contribution in [3.8, 4) is 0 Å². The first-order chi connectivity index (χ1) is 8.88. The Balaban J connectivity index is 2.44. The van der Waals surface area contributed by atoms with E-state index in [9.17, 15) is 13.2 Å². The van der Waals surface area contributed by atoms with Crippen LogP contribution in [0.5, 0.6) is 0 Å². The third-order valence-electron chi connectivity index (χ3n) is 2.49. The Kier molecular flexibility index (Phi) is 3.71. The van der Waals surface area contributed by atoms with E-state index in [0.29, 0.717) is 10.2 Å². The van der Waals surface area contributed by atoms with E-state index in [4.69, 9.17) is 5.73 Å². The first-order valence-electron chi connectivity index (χ1n) is 5.36. The van der Waals surface area contributed by atoms with Crippen LogP contribution >= 0.6 is 15.9 Å². The molecule has 2 aromatic rings. The standard InChI is InChI=1S/C13H10BrF3N2/c14-10-3-1-2-4-12(10)19-11-6-5-8(18)7-9(11)13(15,16)17/h1-7,19H,18H2. The van der Waals surface area contributed by atoms with Gasteiger partial charge < -0.3 is 11.1 Å². The molecule has 0 spiro atoms. The molecule has 2 aromatic carbocycles. The number of benzene rings is 2. The molecule has 19 heavy (non-hydrogen) atoms. The maximum atomic E-state index is 12.9. The number of anilines is 3. The van der Waals surface area contributed by atoms with Gasteiger partial charge in [0.05, 0.1) is 16.9 Å². The second kappa shape index (κ2) is 5.13. The van der Waals surface area contributed by atoms with E-state index in [0.717, 1.165) is 6.07 Å². The third kappa shape index (κ3) is 3.20. The average Bonchev–Trinajstić information content (AvgIpc) is 2.33. The highest BCUT2D eigenvalue weighted by Crippen LogP contribution is 2.38. The van der Waals surface area contributed by atoms with Gasteiger partial charge in [0.15, 0.2) is 0 Å². The summed E-state index contributed by atoms with van der Waals surface area (Å²) in [4.78, 5) is 0. The molecular weight excluding hydrogens is 321 g/mol. The lowest BCUT2D eigenvalue weighted by Crippen LogP contribution is -2.09. The number of halogens is 4. The number of alkyl halides is 3. The van der Waals surface area contributed by atoms with Gasteiger partial charge >= 0.3 is 6.18 Å². The van der Waals surface area contributed by atoms with Crippen molar-refractivity contribution in [2.75, 3.05) is 11.1 Å². The van der Waals surface area contributed by atoms with E-state index >= 15 is 0 Å². The van der Waals surface area contributed by atoms with Gasteiger partial charge in [-0.1, -0.05) is 12.1 Å². The predicted octanol–water partition coefficient (Wildman–Crippen LogP) is 4.79. The molecule has 0 aliphatic carbocycles. The van der Waals surface area contributed by atoms with E-state index in [1.54, 1.807) is 24.3 Å². The second-order valence-corrected chi connectivity index (χ2v) is 4.76. The summed E-state index contributed by atoms with van der Waals surface area (Å²) in [5, 5.41) is 2.75. The van der Waals surface area contributed by atoms with Gasteiger partial charge in [0.25, 0.3) is 0 Å². The Morgan fingerprint density at radius 2 is 1.68 bits per heavy atom. The molecule has 0 aromatic heterocycles. The number of hydrogen-bond acceptors (Lipinski definition) is 2. The fourth-order valence-corrected chi connectivity index (χ4v) is 2.00. The Morgan fingerprint density at radius 1 is 1.00 bits per heavy atom. The molecule has 6 heteroatoms. The van der Waals surface area contributed by atoms with E-state index < -0.39 is 11.7 Å². The molecule has 0 aliphatic rings. The van der Waals surface area contributed by atoms with Gasteiger partial charge in [-0.3, -0.25) is 0 Å². The molecule has 0 bridgehead atoms. The Morgan fingerprint density at radius 3 is 2.32 bits per heavy atom. The molecule has 0 radical (unpaired) electrons. The minimum absolute atomic E-state index is 0.0337. The smallest absolute Gasteiger partial charge is 0.399 e. The number of rotatable bonds is 2. The van der Waals surface area contributed by atoms with Gasteiger partial charge in [0.1, 0.15) is 0 Å². The minimum atomic E-state index is -4.46. The van der Waals surface area contributed by atoms with Crippen LogP contribution in [-0.2, 0) is 6.18 Å². The summed E-state index contributed by atoms with van der Waals surface area (Å²) >= 11 is 3.27. The van der Waals surface area contributed by atoms with Crippen molar-refractivity contribution in [1.82, 2.24) is 0 Å². The molecule has 2 nitrogen and oxygen atoms in total. The second-order valence-electron chi connectivity index (χ2n) is 3.91. The predicted molar refractivity (Wildman–Crippen MR) is 73.3 cm³/mol. The molecule has 0 heterocycles. The van der Waals surface area contributed by atoms with Crippen LogP contribution in [0.15, 0.2) is 46.9 Å². The van der Waals surface area contributed by atoms with Gasteiger partial charge in [0.2, 0.25) is 0 Å². The lowest BCUT2D eigenvalue weighted by atomic mass is 10.1. The molecule has 100 valence electrons. The van der Waals surface area contributed by atoms with Gasteiger partial charge in [-0.15, -0.1) is 0 Å². The first kappa shape index (κ1) is 13.7. The average molecular weight is 331 g/mol. The summed E-state index contributed by atoms with van der Waals surface area (Å²) in [6.07, 6.45) is -4.46. The van der Waals surface area contributed by atoms with E-state index in [1.807, 2.05) is 0 Å². The zero-order chi connectivity index (χ0) is 14.0. The highest BCUT2D eigenvalue weighted by atomic mass is 79.9. The van der Waals surface area contributed by atoms with Crippen molar-refractivity contribution in [3.05, 3.63) is 52.5 Å². The Hall–Kier alpha value is -1.69. The molecule has 2 rings (SSSR count). The van der Waals surface area contributed by atoms with Crippen LogP contribution < -0.4 is 11.1 Å². The van der Waals surface area contributed by atoms with Gasteiger partial charge in [-0.25, -0.2) is 0 Å². The first-order valence-corrected chi connectivity index (χ1v) is 6.15. The molecule has 0 saturated carbocycles. The topological polar surface area (TPSA) is 38.0 Å². The highest BCUT2D eigenvalue weighted by molar-refractivity contribution is 9.10. The monoisotopic (exact) mass is 330 g/mol. The quantitative estimate of drug-likeness (QED) is 0.776. The molecule has 0 aliphatic heterocycles. The van der Waals surface area contributed by atoms with E-state index in [-0.39, 0.29) is 11.4 Å². The van der Waals surface area contributed by atoms with Crippen molar-refractivity contribution in [2.45, 2.75) is 6.18 Å². The SMILES string of the molecule is Nc1ccc(Nc2ccccc2Br)c(C(F)(F)F)c1. The maximum Gasteiger partial charge on any atom is 0.418 e. The Bertz CT molecular complexity index is 597. The van der Waals surface area contributed by atoms with E-state index in [1.165, 1.54) is 12.1 Å². The van der Waals surface area contributed by atoms with Crippen molar-refractivity contribution in [3.63, 3.8) is 0 Å². The maximum absolute atomic E-state index is 12.9. The lowest BCUT2D eigenvalue weighted by molar-refractivity contribution is -0.136. The number of para-hydroxylation sites is 1. The van der Waals surface area contributed by atoms with Crippen LogP contribution in [0.3, 0.4) is 0 Å². The largest absolute Gasteiger partial charge is 0.418 e. The molecule has 3 N–H and O–H groups in total. The summed E-state index contributed by atoms with van der Waals surface area (Å²) in [7, 11) is 0.